The zero-order chi connectivity index (χ0) is 21.5. The van der Waals surface area contributed by atoms with E-state index in [1.807, 2.05) is 37.3 Å². The van der Waals surface area contributed by atoms with Gasteiger partial charge in [-0.05, 0) is 45.2 Å². The van der Waals surface area contributed by atoms with Crippen LogP contribution in [0.2, 0.25) is 0 Å². The standard InChI is InChI=1S/C23H30N2O4S/c1-3-29-23(28)21-20(17-9-5-4-6-10-17)16(2)30-22(21)24-19(27)15-25-13-8-7-11-18(25)12-14-26/h4-6,9-10,18,26H,3,7-8,11-15H2,1-2H3,(H,24,27). The lowest BCUT2D eigenvalue weighted by atomic mass is 9.99. The molecule has 0 aliphatic carbocycles. The molecule has 0 spiro atoms. The molecule has 0 saturated carbocycles. The summed E-state index contributed by atoms with van der Waals surface area (Å²) in [5.41, 5.74) is 2.16. The molecule has 162 valence electrons. The van der Waals surface area contributed by atoms with Gasteiger partial charge < -0.3 is 15.2 Å². The number of ether oxygens (including phenoxy) is 1. The van der Waals surface area contributed by atoms with Crippen LogP contribution in [-0.4, -0.2) is 54.2 Å². The number of aliphatic hydroxyl groups excluding tert-OH is 1. The van der Waals surface area contributed by atoms with Gasteiger partial charge in [0.05, 0.1) is 13.2 Å². The predicted octanol–water partition coefficient (Wildman–Crippen LogP) is 4.08. The zero-order valence-electron chi connectivity index (χ0n) is 17.6. The monoisotopic (exact) mass is 430 g/mol. The third-order valence-electron chi connectivity index (χ3n) is 5.44. The maximum absolute atomic E-state index is 12.9. The molecule has 0 bridgehead atoms. The highest BCUT2D eigenvalue weighted by molar-refractivity contribution is 7.17. The van der Waals surface area contributed by atoms with Gasteiger partial charge in [0.15, 0.2) is 0 Å². The molecule has 3 rings (SSSR count). The lowest BCUT2D eigenvalue weighted by Gasteiger charge is -2.34. The Bertz CT molecular complexity index is 864. The van der Waals surface area contributed by atoms with Crippen LogP contribution in [-0.2, 0) is 9.53 Å². The van der Waals surface area contributed by atoms with E-state index in [0.717, 1.165) is 41.8 Å². The minimum atomic E-state index is -0.424. The number of likely N-dealkylation sites (tertiary alicyclic amines) is 1. The molecule has 2 N–H and O–H groups in total. The van der Waals surface area contributed by atoms with E-state index in [4.69, 9.17) is 4.74 Å². The number of nitrogens with one attached hydrogen (secondary N) is 1. The first kappa shape index (κ1) is 22.5. The quantitative estimate of drug-likeness (QED) is 0.617. The highest BCUT2D eigenvalue weighted by Gasteiger charge is 2.27. The van der Waals surface area contributed by atoms with Crippen molar-refractivity contribution in [3.8, 4) is 11.1 Å². The minimum Gasteiger partial charge on any atom is -0.462 e. The lowest BCUT2D eigenvalue weighted by molar-refractivity contribution is -0.118. The Balaban J connectivity index is 1.84. The van der Waals surface area contributed by atoms with Crippen molar-refractivity contribution >= 4 is 28.2 Å². The Morgan fingerprint density at radius 3 is 2.73 bits per heavy atom. The summed E-state index contributed by atoms with van der Waals surface area (Å²) in [5, 5.41) is 12.8. The van der Waals surface area contributed by atoms with E-state index in [9.17, 15) is 14.7 Å². The second kappa shape index (κ2) is 10.7. The van der Waals surface area contributed by atoms with Gasteiger partial charge in [-0.2, -0.15) is 0 Å². The van der Waals surface area contributed by atoms with Crippen molar-refractivity contribution in [1.82, 2.24) is 4.90 Å². The van der Waals surface area contributed by atoms with Gasteiger partial charge in [-0.3, -0.25) is 9.69 Å². The Hall–Kier alpha value is -2.22. The van der Waals surface area contributed by atoms with Crippen molar-refractivity contribution < 1.29 is 19.4 Å². The average molecular weight is 431 g/mol. The first-order valence-electron chi connectivity index (χ1n) is 10.6. The minimum absolute atomic E-state index is 0.125. The van der Waals surface area contributed by atoms with Crippen LogP contribution >= 0.6 is 11.3 Å². The van der Waals surface area contributed by atoms with Crippen molar-refractivity contribution in [3.05, 3.63) is 40.8 Å². The number of hydrogen-bond acceptors (Lipinski definition) is 6. The van der Waals surface area contributed by atoms with E-state index < -0.39 is 5.97 Å². The first-order valence-corrected chi connectivity index (χ1v) is 11.4. The van der Waals surface area contributed by atoms with Crippen LogP contribution < -0.4 is 5.32 Å². The molecule has 7 heteroatoms. The van der Waals surface area contributed by atoms with Gasteiger partial charge in [0.1, 0.15) is 10.6 Å². The van der Waals surface area contributed by atoms with Gasteiger partial charge in [0.2, 0.25) is 5.91 Å². The van der Waals surface area contributed by atoms with Crippen LogP contribution in [0.3, 0.4) is 0 Å². The number of carbonyl (C=O) groups excluding carboxylic acids is 2. The SMILES string of the molecule is CCOC(=O)c1c(NC(=O)CN2CCCCC2CCO)sc(C)c1-c1ccccc1. The Kier molecular flexibility index (Phi) is 8.01. The average Bonchev–Trinajstić information content (AvgIpc) is 3.06. The molecule has 1 saturated heterocycles. The number of aliphatic hydroxyl groups is 1. The number of benzene rings is 1. The summed E-state index contributed by atoms with van der Waals surface area (Å²) < 4.78 is 5.30. The Labute approximate surface area is 181 Å². The number of anilines is 1. The van der Waals surface area contributed by atoms with Crippen LogP contribution in [0.5, 0.6) is 0 Å². The van der Waals surface area contributed by atoms with Gasteiger partial charge in [-0.25, -0.2) is 4.79 Å². The van der Waals surface area contributed by atoms with Crippen LogP contribution in [0.15, 0.2) is 30.3 Å². The van der Waals surface area contributed by atoms with Gasteiger partial charge in [0, 0.05) is 23.1 Å². The van der Waals surface area contributed by atoms with Crippen LogP contribution in [0.1, 0.15) is 47.8 Å². The smallest absolute Gasteiger partial charge is 0.341 e. The van der Waals surface area contributed by atoms with Crippen LogP contribution in [0, 0.1) is 6.92 Å². The molecule has 2 heterocycles. The molecule has 1 aliphatic rings. The Morgan fingerprint density at radius 1 is 1.27 bits per heavy atom. The first-order chi connectivity index (χ1) is 14.5. The predicted molar refractivity (Wildman–Crippen MR) is 120 cm³/mol. The molecule has 1 aromatic carbocycles. The fourth-order valence-electron chi connectivity index (χ4n) is 4.08. The number of nitrogens with zero attached hydrogens (tertiary/aromatic N) is 1. The van der Waals surface area contributed by atoms with Crippen molar-refractivity contribution in [2.24, 2.45) is 0 Å². The summed E-state index contributed by atoms with van der Waals surface area (Å²) in [6.07, 6.45) is 3.86. The summed E-state index contributed by atoms with van der Waals surface area (Å²) in [7, 11) is 0. The van der Waals surface area contributed by atoms with Gasteiger partial charge in [-0.15, -0.1) is 11.3 Å². The molecule has 0 radical (unpaired) electrons. The second-order valence-corrected chi connectivity index (χ2v) is 8.73. The van der Waals surface area contributed by atoms with Crippen LogP contribution in [0.25, 0.3) is 11.1 Å². The summed E-state index contributed by atoms with van der Waals surface area (Å²) in [4.78, 5) is 28.7. The summed E-state index contributed by atoms with van der Waals surface area (Å²) in [5.74, 6) is -0.571. The van der Waals surface area contributed by atoms with E-state index in [-0.39, 0.29) is 31.7 Å². The topological polar surface area (TPSA) is 78.9 Å². The number of esters is 1. The number of amides is 1. The highest BCUT2D eigenvalue weighted by Crippen LogP contribution is 2.40. The maximum atomic E-state index is 12.9. The van der Waals surface area contributed by atoms with E-state index >= 15 is 0 Å². The molecule has 1 fully saturated rings. The summed E-state index contributed by atoms with van der Waals surface area (Å²) in [6, 6.07) is 9.92. The molecule has 1 aliphatic heterocycles. The third-order valence-corrected chi connectivity index (χ3v) is 6.46. The zero-order valence-corrected chi connectivity index (χ0v) is 18.5. The normalized spacial score (nSPS) is 17.0. The van der Waals surface area contributed by atoms with Gasteiger partial charge >= 0.3 is 5.97 Å². The third kappa shape index (κ3) is 5.28. The molecular formula is C23H30N2O4S. The number of aryl methyl sites for hydroxylation is 1. The summed E-state index contributed by atoms with van der Waals surface area (Å²) >= 11 is 1.40. The van der Waals surface area contributed by atoms with Gasteiger partial charge in [-0.1, -0.05) is 36.8 Å². The maximum Gasteiger partial charge on any atom is 0.341 e. The highest BCUT2D eigenvalue weighted by atomic mass is 32.1. The molecular weight excluding hydrogens is 400 g/mol. The number of hydrogen-bond donors (Lipinski definition) is 2. The number of carbonyl (C=O) groups is 2. The van der Waals surface area contributed by atoms with Crippen LogP contribution in [0.4, 0.5) is 5.00 Å². The molecule has 6 nitrogen and oxygen atoms in total. The second-order valence-electron chi connectivity index (χ2n) is 7.50. The molecule has 1 aromatic heterocycles. The van der Waals surface area contributed by atoms with E-state index in [2.05, 4.69) is 10.2 Å². The van der Waals surface area contributed by atoms with Crippen molar-refractivity contribution in [2.45, 2.75) is 45.6 Å². The molecule has 1 unspecified atom stereocenters. The Morgan fingerprint density at radius 2 is 2.03 bits per heavy atom. The number of piperidine rings is 1. The lowest BCUT2D eigenvalue weighted by Crippen LogP contribution is -2.44. The van der Waals surface area contributed by atoms with Crippen molar-refractivity contribution in [1.29, 1.82) is 0 Å². The van der Waals surface area contributed by atoms with E-state index in [1.165, 1.54) is 11.3 Å². The van der Waals surface area contributed by atoms with E-state index in [1.54, 1.807) is 6.92 Å². The van der Waals surface area contributed by atoms with Gasteiger partial charge in [0.25, 0.3) is 0 Å². The fraction of sp³-hybridized carbons (Fsp3) is 0.478. The molecule has 1 amide bonds. The fourth-order valence-corrected chi connectivity index (χ4v) is 5.16. The van der Waals surface area contributed by atoms with E-state index in [0.29, 0.717) is 17.0 Å². The molecule has 2 aromatic rings. The largest absolute Gasteiger partial charge is 0.462 e. The van der Waals surface area contributed by atoms with Crippen molar-refractivity contribution in [3.63, 3.8) is 0 Å². The number of rotatable bonds is 8. The van der Waals surface area contributed by atoms with Crippen molar-refractivity contribution in [2.75, 3.05) is 31.6 Å². The summed E-state index contributed by atoms with van der Waals surface area (Å²) in [6.45, 7) is 5.22. The molecule has 30 heavy (non-hydrogen) atoms. The molecule has 1 atom stereocenters. The number of thiophene rings is 1.